The Labute approximate surface area is 125 Å². The summed E-state index contributed by atoms with van der Waals surface area (Å²) in [6.07, 6.45) is 5.33. The molecule has 110 valence electrons. The van der Waals surface area contributed by atoms with Crippen molar-refractivity contribution in [3.8, 4) is 0 Å². The summed E-state index contributed by atoms with van der Waals surface area (Å²) in [6.45, 7) is 1.98. The van der Waals surface area contributed by atoms with Gasteiger partial charge in [0.2, 0.25) is 0 Å². The first-order valence-corrected chi connectivity index (χ1v) is 7.82. The van der Waals surface area contributed by atoms with Crippen molar-refractivity contribution >= 4 is 16.7 Å². The van der Waals surface area contributed by atoms with E-state index in [2.05, 4.69) is 4.98 Å². The Morgan fingerprint density at radius 3 is 2.81 bits per heavy atom. The van der Waals surface area contributed by atoms with Crippen molar-refractivity contribution in [1.29, 1.82) is 0 Å². The first-order chi connectivity index (χ1) is 10.1. The first-order valence-electron chi connectivity index (χ1n) is 7.82. The molecule has 0 saturated heterocycles. The summed E-state index contributed by atoms with van der Waals surface area (Å²) >= 11 is 0. The van der Waals surface area contributed by atoms with Crippen LogP contribution in [0.25, 0.3) is 10.9 Å². The molecular formula is C18H22N2O. The van der Waals surface area contributed by atoms with Crippen LogP contribution >= 0.6 is 0 Å². The molecule has 3 heteroatoms. The zero-order valence-corrected chi connectivity index (χ0v) is 12.5. The second-order valence-corrected chi connectivity index (χ2v) is 6.13. The van der Waals surface area contributed by atoms with Gasteiger partial charge in [-0.1, -0.05) is 25.3 Å². The molecule has 0 amide bonds. The largest absolute Gasteiger partial charge is 0.327 e. The molecule has 1 aromatic heterocycles. The smallest absolute Gasteiger partial charge is 0.167 e. The van der Waals surface area contributed by atoms with Crippen LogP contribution in [0.3, 0.4) is 0 Å². The van der Waals surface area contributed by atoms with Gasteiger partial charge in [0.05, 0.1) is 5.52 Å². The van der Waals surface area contributed by atoms with E-state index < -0.39 is 0 Å². The average Bonchev–Trinajstić information content (AvgIpc) is 2.70. The summed E-state index contributed by atoms with van der Waals surface area (Å²) in [7, 11) is 0. The predicted molar refractivity (Wildman–Crippen MR) is 85.4 cm³/mol. The number of hydrogen-bond acceptors (Lipinski definition) is 3. The van der Waals surface area contributed by atoms with Crippen LogP contribution < -0.4 is 5.73 Å². The molecule has 0 bridgehead atoms. The summed E-state index contributed by atoms with van der Waals surface area (Å²) in [5, 5.41) is 1.02. The lowest BCUT2D eigenvalue weighted by atomic mass is 9.87. The number of carbonyl (C=O) groups is 1. The van der Waals surface area contributed by atoms with Gasteiger partial charge in [0, 0.05) is 28.6 Å². The van der Waals surface area contributed by atoms with E-state index in [0.717, 1.165) is 47.8 Å². The van der Waals surface area contributed by atoms with Crippen LogP contribution in [0, 0.1) is 12.8 Å². The molecule has 3 nitrogen and oxygen atoms in total. The van der Waals surface area contributed by atoms with Gasteiger partial charge in [0.15, 0.2) is 5.78 Å². The lowest BCUT2D eigenvalue weighted by Crippen LogP contribution is -2.34. The Kier molecular flexibility index (Phi) is 4.02. The molecule has 2 atom stereocenters. The number of aryl methyl sites for hydroxylation is 1. The lowest BCUT2D eigenvalue weighted by Gasteiger charge is -2.20. The van der Waals surface area contributed by atoms with Gasteiger partial charge in [-0.3, -0.25) is 9.78 Å². The van der Waals surface area contributed by atoms with E-state index in [1.165, 1.54) is 6.42 Å². The van der Waals surface area contributed by atoms with Crippen molar-refractivity contribution in [3.05, 3.63) is 41.6 Å². The molecule has 2 aromatic rings. The number of carbonyl (C=O) groups excluding carboxylic acids is 1. The molecule has 2 unspecified atom stereocenters. The van der Waals surface area contributed by atoms with Crippen molar-refractivity contribution in [1.82, 2.24) is 4.98 Å². The molecule has 1 heterocycles. The third-order valence-corrected chi connectivity index (χ3v) is 4.52. The Balaban J connectivity index is 1.91. The molecule has 1 aliphatic rings. The molecule has 2 N–H and O–H groups in total. The monoisotopic (exact) mass is 282 g/mol. The number of nitrogens with zero attached hydrogens (tertiary/aromatic N) is 1. The van der Waals surface area contributed by atoms with Gasteiger partial charge in [-0.2, -0.15) is 0 Å². The molecule has 0 aliphatic heterocycles. The highest BCUT2D eigenvalue weighted by atomic mass is 16.1. The molecule has 1 aromatic carbocycles. The number of pyridine rings is 1. The highest BCUT2D eigenvalue weighted by molar-refractivity contribution is 6.01. The Morgan fingerprint density at radius 2 is 1.95 bits per heavy atom. The number of Topliss-reactive ketones (excluding diaryl/α,β-unsaturated/α-hetero) is 1. The van der Waals surface area contributed by atoms with Crippen LogP contribution in [-0.2, 0) is 0 Å². The van der Waals surface area contributed by atoms with E-state index in [4.69, 9.17) is 5.73 Å². The third kappa shape index (κ3) is 2.98. The van der Waals surface area contributed by atoms with E-state index >= 15 is 0 Å². The minimum atomic E-state index is -0.0247. The summed E-state index contributed by atoms with van der Waals surface area (Å²) in [6, 6.07) is 9.82. The van der Waals surface area contributed by atoms with Crippen LogP contribution in [0.5, 0.6) is 0 Å². The fourth-order valence-corrected chi connectivity index (χ4v) is 3.26. The summed E-state index contributed by atoms with van der Waals surface area (Å²) in [4.78, 5) is 17.3. The fraction of sp³-hybridized carbons (Fsp3) is 0.444. The number of hydrogen-bond donors (Lipinski definition) is 1. The van der Waals surface area contributed by atoms with Gasteiger partial charge < -0.3 is 5.73 Å². The maximum Gasteiger partial charge on any atom is 0.167 e. The fourth-order valence-electron chi connectivity index (χ4n) is 3.26. The van der Waals surface area contributed by atoms with Crippen LogP contribution in [0.1, 0.15) is 48.2 Å². The van der Waals surface area contributed by atoms with Crippen molar-refractivity contribution < 1.29 is 4.79 Å². The van der Waals surface area contributed by atoms with Crippen molar-refractivity contribution in [2.24, 2.45) is 11.7 Å². The number of rotatable bonds is 2. The molecular weight excluding hydrogens is 260 g/mol. The molecule has 1 saturated carbocycles. The lowest BCUT2D eigenvalue weighted by molar-refractivity contribution is 0.0895. The quantitative estimate of drug-likeness (QED) is 0.676. The minimum Gasteiger partial charge on any atom is -0.327 e. The molecule has 1 aliphatic carbocycles. The normalized spacial score (nSPS) is 23.0. The zero-order valence-electron chi connectivity index (χ0n) is 12.5. The first kappa shape index (κ1) is 14.2. The highest BCUT2D eigenvalue weighted by Gasteiger charge is 2.27. The number of aromatic nitrogens is 1. The van der Waals surface area contributed by atoms with Crippen LogP contribution in [0.15, 0.2) is 30.3 Å². The van der Waals surface area contributed by atoms with E-state index in [9.17, 15) is 4.79 Å². The average molecular weight is 282 g/mol. The van der Waals surface area contributed by atoms with Gasteiger partial charge in [-0.15, -0.1) is 0 Å². The zero-order chi connectivity index (χ0) is 14.8. The summed E-state index contributed by atoms with van der Waals surface area (Å²) in [5.41, 5.74) is 8.92. The highest BCUT2D eigenvalue weighted by Crippen LogP contribution is 2.26. The molecule has 0 radical (unpaired) electrons. The van der Waals surface area contributed by atoms with E-state index in [0.29, 0.717) is 0 Å². The van der Waals surface area contributed by atoms with Crippen molar-refractivity contribution in [2.45, 2.75) is 45.1 Å². The SMILES string of the molecule is Cc1ccc2cc(C(=O)C3CCCCCC3N)ccc2n1. The number of nitrogens with two attached hydrogens (primary N) is 1. The molecule has 1 fully saturated rings. The predicted octanol–water partition coefficient (Wildman–Crippen LogP) is 3.63. The van der Waals surface area contributed by atoms with Gasteiger partial charge in [0.25, 0.3) is 0 Å². The maximum absolute atomic E-state index is 12.8. The number of fused-ring (bicyclic) bond motifs is 1. The Hall–Kier alpha value is -1.74. The Morgan fingerprint density at radius 1 is 1.14 bits per heavy atom. The second kappa shape index (κ2) is 5.94. The number of ketones is 1. The minimum absolute atomic E-state index is 0.00633. The van der Waals surface area contributed by atoms with Crippen LogP contribution in [0.2, 0.25) is 0 Å². The van der Waals surface area contributed by atoms with Gasteiger partial charge in [0.1, 0.15) is 0 Å². The van der Waals surface area contributed by atoms with Gasteiger partial charge >= 0.3 is 0 Å². The van der Waals surface area contributed by atoms with Crippen LogP contribution in [0.4, 0.5) is 0 Å². The molecule has 21 heavy (non-hydrogen) atoms. The van der Waals surface area contributed by atoms with Crippen molar-refractivity contribution in [2.75, 3.05) is 0 Å². The van der Waals surface area contributed by atoms with E-state index in [-0.39, 0.29) is 17.7 Å². The van der Waals surface area contributed by atoms with Crippen LogP contribution in [-0.4, -0.2) is 16.8 Å². The molecule has 3 rings (SSSR count). The third-order valence-electron chi connectivity index (χ3n) is 4.52. The summed E-state index contributed by atoms with van der Waals surface area (Å²) in [5.74, 6) is 0.176. The molecule has 0 spiro atoms. The topological polar surface area (TPSA) is 56.0 Å². The van der Waals surface area contributed by atoms with Crippen molar-refractivity contribution in [3.63, 3.8) is 0 Å². The Bertz CT molecular complexity index is 665. The van der Waals surface area contributed by atoms with E-state index in [1.807, 2.05) is 37.3 Å². The number of benzene rings is 1. The standard InChI is InChI=1S/C18H22N2O/c1-12-7-8-13-11-14(9-10-17(13)20-12)18(21)15-5-3-2-4-6-16(15)19/h7-11,15-16H,2-6,19H2,1H3. The second-order valence-electron chi connectivity index (χ2n) is 6.13. The van der Waals surface area contributed by atoms with E-state index in [1.54, 1.807) is 0 Å². The van der Waals surface area contributed by atoms with Gasteiger partial charge in [-0.25, -0.2) is 0 Å². The maximum atomic E-state index is 12.8. The van der Waals surface area contributed by atoms with Gasteiger partial charge in [-0.05, 0) is 44.0 Å². The summed E-state index contributed by atoms with van der Waals surface area (Å²) < 4.78 is 0.